The quantitative estimate of drug-likeness (QED) is 0.225. The van der Waals surface area contributed by atoms with Crippen LogP contribution in [0.2, 0.25) is 5.02 Å². The number of ether oxygens (including phenoxy) is 1. The first-order valence-corrected chi connectivity index (χ1v) is 20.1. The number of allylic oxidation sites excluding steroid dienone is 1. The van der Waals surface area contributed by atoms with Crippen molar-refractivity contribution in [2.75, 3.05) is 24.6 Å². The van der Waals surface area contributed by atoms with E-state index in [1.807, 2.05) is 37.3 Å². The molecule has 2 aliphatic carbocycles. The Hall–Kier alpha value is -3.84. The van der Waals surface area contributed by atoms with Crippen LogP contribution in [0.25, 0.3) is 0 Å². The van der Waals surface area contributed by atoms with E-state index in [9.17, 15) is 18.3 Å². The van der Waals surface area contributed by atoms with Gasteiger partial charge in [0.05, 0.1) is 17.5 Å². The van der Waals surface area contributed by atoms with Crippen LogP contribution in [0.1, 0.15) is 79.6 Å². The number of nitrogens with one attached hydrogen (secondary N) is 1. The first kappa shape index (κ1) is 35.6. The summed E-state index contributed by atoms with van der Waals surface area (Å²) in [6.07, 6.45) is 11.7. The second-order valence-electron chi connectivity index (χ2n) is 15.0. The number of benzene rings is 2. The van der Waals surface area contributed by atoms with Crippen molar-refractivity contribution >= 4 is 33.2 Å². The van der Waals surface area contributed by atoms with E-state index >= 15 is 0 Å². The van der Waals surface area contributed by atoms with Gasteiger partial charge in [0, 0.05) is 59.7 Å². The molecule has 0 saturated heterocycles. The zero-order chi connectivity index (χ0) is 35.8. The zero-order valence-corrected chi connectivity index (χ0v) is 30.8. The maximum absolute atomic E-state index is 13.5. The Morgan fingerprint density at radius 2 is 2.00 bits per heavy atom. The minimum absolute atomic E-state index is 0.114. The average molecular weight is 728 g/mol. The summed E-state index contributed by atoms with van der Waals surface area (Å²) in [5.41, 5.74) is 2.70. The standard InChI is InChI=1S/C41H46ClN3O5S/c1-28-9-7-21-41(47,20-5-3-11-34-12-4-6-22-43-34)36-16-13-32(36)25-45-26-40(19-8-10-30-23-33(42)15-17-35(30)40)27-50-38-18-14-31(24-37(38)45)39(46)44-51(48,49)29(28)2/h4,6-7,12,14-15,17-18,21-24,28-29,32,36,47H,3,8-11,13,16,19,25-27H2,1-2H3,(H,44,46)/b21-7+/t28-,29+,32-,36+,40-,41-/m0/s1. The van der Waals surface area contributed by atoms with Crippen LogP contribution in [0.4, 0.5) is 5.69 Å². The number of amides is 1. The maximum atomic E-state index is 13.5. The molecule has 8 nitrogen and oxygen atoms in total. The van der Waals surface area contributed by atoms with E-state index in [1.165, 1.54) is 11.1 Å². The van der Waals surface area contributed by atoms with Gasteiger partial charge in [-0.25, -0.2) is 13.1 Å². The number of aromatic nitrogens is 1. The highest BCUT2D eigenvalue weighted by Crippen LogP contribution is 2.48. The van der Waals surface area contributed by atoms with Crippen molar-refractivity contribution in [3.8, 4) is 17.6 Å². The molecule has 268 valence electrons. The van der Waals surface area contributed by atoms with Crippen LogP contribution < -0.4 is 14.4 Å². The number of halogens is 1. The molecular weight excluding hydrogens is 682 g/mol. The highest BCUT2D eigenvalue weighted by molar-refractivity contribution is 7.90. The molecule has 4 aliphatic rings. The Balaban J connectivity index is 1.28. The third-order valence-electron chi connectivity index (χ3n) is 11.7. The second-order valence-corrected chi connectivity index (χ2v) is 17.4. The lowest BCUT2D eigenvalue weighted by atomic mass is 9.64. The van der Waals surface area contributed by atoms with Gasteiger partial charge in [-0.1, -0.05) is 48.6 Å². The van der Waals surface area contributed by atoms with Gasteiger partial charge in [0.25, 0.3) is 5.91 Å². The molecule has 6 atom stereocenters. The van der Waals surface area contributed by atoms with E-state index in [4.69, 9.17) is 16.3 Å². The molecule has 2 aromatic carbocycles. The van der Waals surface area contributed by atoms with Crippen molar-refractivity contribution in [3.63, 3.8) is 0 Å². The summed E-state index contributed by atoms with van der Waals surface area (Å²) in [4.78, 5) is 20.3. The lowest BCUT2D eigenvalue weighted by Gasteiger charge is -2.47. The minimum atomic E-state index is -4.00. The highest BCUT2D eigenvalue weighted by atomic mass is 35.5. The monoisotopic (exact) mass is 727 g/mol. The van der Waals surface area contributed by atoms with Gasteiger partial charge >= 0.3 is 0 Å². The van der Waals surface area contributed by atoms with Crippen LogP contribution in [-0.2, 0) is 28.3 Å². The van der Waals surface area contributed by atoms with Crippen molar-refractivity contribution in [3.05, 3.63) is 100 Å². The number of fused-ring (bicyclic) bond motifs is 4. The molecule has 0 radical (unpaired) electrons. The number of sulfonamides is 1. The van der Waals surface area contributed by atoms with Gasteiger partial charge in [0.2, 0.25) is 10.0 Å². The normalized spacial score (nSPS) is 30.6. The number of hydrogen-bond donors (Lipinski definition) is 2. The Morgan fingerprint density at radius 1 is 1.14 bits per heavy atom. The number of nitrogens with zero attached hydrogens (tertiary/aromatic N) is 2. The van der Waals surface area contributed by atoms with Crippen LogP contribution in [-0.4, -0.2) is 55.0 Å². The van der Waals surface area contributed by atoms with Gasteiger partial charge in [-0.15, -0.1) is 0 Å². The van der Waals surface area contributed by atoms with Crippen LogP contribution in [0.5, 0.6) is 5.75 Å². The van der Waals surface area contributed by atoms with E-state index in [-0.39, 0.29) is 28.7 Å². The van der Waals surface area contributed by atoms with Crippen molar-refractivity contribution < 1.29 is 23.1 Å². The average Bonchev–Trinajstić information content (AvgIpc) is 3.24. The number of rotatable bonds is 2. The summed E-state index contributed by atoms with van der Waals surface area (Å²) in [6, 6.07) is 17.2. The summed E-state index contributed by atoms with van der Waals surface area (Å²) in [7, 11) is -4.00. The summed E-state index contributed by atoms with van der Waals surface area (Å²) < 4.78 is 35.9. The SMILES string of the molecule is C[C@@H]1[C@@H](C)C/C=C/[C@@](O)(C#CCCc2ccccn2)[C@@H]2CC[C@H]2CN2C[C@@]3(CCCc4cc(Cl)ccc43)COc3ccc(cc32)C(=O)NS1(=O)=O. The van der Waals surface area contributed by atoms with Crippen LogP contribution >= 0.6 is 11.6 Å². The van der Waals surface area contributed by atoms with Crippen LogP contribution in [0, 0.1) is 29.6 Å². The molecular formula is C41H46ClN3O5S. The van der Waals surface area contributed by atoms with Crippen LogP contribution in [0.15, 0.2) is 72.9 Å². The molecule has 1 aromatic heterocycles. The molecule has 10 heteroatoms. The predicted octanol–water partition coefficient (Wildman–Crippen LogP) is 6.65. The highest BCUT2D eigenvalue weighted by Gasteiger charge is 2.47. The number of carbonyl (C=O) groups excluding carboxylic acids is 1. The maximum Gasteiger partial charge on any atom is 0.264 e. The molecule has 3 heterocycles. The number of carbonyl (C=O) groups is 1. The Morgan fingerprint density at radius 3 is 2.78 bits per heavy atom. The molecule has 2 N–H and O–H groups in total. The van der Waals surface area contributed by atoms with Gasteiger partial charge in [-0.2, -0.15) is 0 Å². The fourth-order valence-corrected chi connectivity index (χ4v) is 9.82. The van der Waals surface area contributed by atoms with E-state index in [0.717, 1.165) is 43.5 Å². The lowest BCUT2D eigenvalue weighted by molar-refractivity contribution is -0.00325. The number of aryl methyl sites for hydroxylation is 2. The van der Waals surface area contributed by atoms with Crippen molar-refractivity contribution in [2.45, 2.75) is 81.5 Å². The van der Waals surface area contributed by atoms with Gasteiger partial charge in [0.1, 0.15) is 11.4 Å². The Kier molecular flexibility index (Phi) is 9.96. The molecule has 1 fully saturated rings. The first-order valence-electron chi connectivity index (χ1n) is 18.1. The summed E-state index contributed by atoms with van der Waals surface area (Å²) in [5.74, 6) is 6.18. The molecule has 1 amide bonds. The largest absolute Gasteiger partial charge is 0.490 e. The van der Waals surface area contributed by atoms with Crippen molar-refractivity contribution in [1.82, 2.24) is 9.71 Å². The van der Waals surface area contributed by atoms with E-state index in [1.54, 1.807) is 37.4 Å². The van der Waals surface area contributed by atoms with Gasteiger partial charge in [-0.05, 0) is 117 Å². The van der Waals surface area contributed by atoms with E-state index in [2.05, 4.69) is 38.6 Å². The third-order valence-corrected chi connectivity index (χ3v) is 13.8. The number of anilines is 1. The lowest BCUT2D eigenvalue weighted by Crippen LogP contribution is -2.52. The third kappa shape index (κ3) is 7.28. The number of pyridine rings is 1. The molecule has 51 heavy (non-hydrogen) atoms. The summed E-state index contributed by atoms with van der Waals surface area (Å²) in [6.45, 7) is 5.18. The van der Waals surface area contributed by atoms with Gasteiger partial charge < -0.3 is 14.7 Å². The van der Waals surface area contributed by atoms with Crippen molar-refractivity contribution in [1.29, 1.82) is 0 Å². The van der Waals surface area contributed by atoms with E-state index < -0.39 is 26.8 Å². The molecule has 2 aliphatic heterocycles. The minimum Gasteiger partial charge on any atom is -0.490 e. The fraction of sp³-hybridized carbons (Fsp3) is 0.463. The smallest absolute Gasteiger partial charge is 0.264 e. The van der Waals surface area contributed by atoms with Crippen molar-refractivity contribution in [2.24, 2.45) is 17.8 Å². The molecule has 0 unspecified atom stereocenters. The number of hydrogen-bond acceptors (Lipinski definition) is 7. The summed E-state index contributed by atoms with van der Waals surface area (Å²) in [5, 5.41) is 12.2. The molecule has 3 aromatic rings. The Bertz CT molecular complexity index is 1990. The van der Waals surface area contributed by atoms with Gasteiger partial charge in [0.15, 0.2) is 0 Å². The second kappa shape index (κ2) is 14.3. The Labute approximate surface area is 306 Å². The number of aliphatic hydroxyl groups is 1. The molecule has 7 rings (SSSR count). The fourth-order valence-electron chi connectivity index (χ4n) is 8.34. The molecule has 2 bridgehead atoms. The topological polar surface area (TPSA) is 109 Å². The first-order chi connectivity index (χ1) is 24.5. The summed E-state index contributed by atoms with van der Waals surface area (Å²) >= 11 is 6.45. The molecule has 1 saturated carbocycles. The zero-order valence-electron chi connectivity index (χ0n) is 29.3. The predicted molar refractivity (Wildman–Crippen MR) is 200 cm³/mol. The van der Waals surface area contributed by atoms with Gasteiger partial charge in [-0.3, -0.25) is 9.78 Å². The van der Waals surface area contributed by atoms with Crippen LogP contribution in [0.3, 0.4) is 0 Å². The van der Waals surface area contributed by atoms with E-state index in [0.29, 0.717) is 49.7 Å². The molecule has 1 spiro atoms.